The third kappa shape index (κ3) is 8.06. The Morgan fingerprint density at radius 3 is 2.23 bits per heavy atom. The normalized spacial score (nSPS) is 13.2. The Labute approximate surface area is 86.1 Å². The van der Waals surface area contributed by atoms with Crippen molar-refractivity contribution in [3.05, 3.63) is 0 Å². The van der Waals surface area contributed by atoms with Crippen LogP contribution in [0.5, 0.6) is 0 Å². The van der Waals surface area contributed by atoms with Crippen molar-refractivity contribution in [2.45, 2.75) is 46.1 Å². The first kappa shape index (κ1) is 15.2. The molecule has 0 aromatic carbocycles. The Hall–Kier alpha value is -0.280. The van der Waals surface area contributed by atoms with E-state index in [-0.39, 0.29) is 30.3 Å². The monoisotopic (exact) mass is 209 g/mol. The first-order valence-corrected chi connectivity index (χ1v) is 4.31. The number of hydrogen-bond acceptors (Lipinski definition) is 2. The Morgan fingerprint density at radius 2 is 1.92 bits per heavy atom. The van der Waals surface area contributed by atoms with Crippen molar-refractivity contribution < 1.29 is 9.90 Å². The lowest BCUT2D eigenvalue weighted by molar-refractivity contribution is -0.137. The van der Waals surface area contributed by atoms with E-state index in [1.165, 1.54) is 0 Å². The van der Waals surface area contributed by atoms with Crippen LogP contribution in [0, 0.1) is 5.41 Å². The molecule has 0 bridgehead atoms. The summed E-state index contributed by atoms with van der Waals surface area (Å²) in [4.78, 5) is 10.2. The zero-order chi connectivity index (χ0) is 9.78. The molecule has 0 amide bonds. The third-order valence-electron chi connectivity index (χ3n) is 2.02. The molecule has 0 heterocycles. The van der Waals surface area contributed by atoms with Crippen molar-refractivity contribution in [2.24, 2.45) is 11.1 Å². The van der Waals surface area contributed by atoms with E-state index in [0.29, 0.717) is 6.42 Å². The van der Waals surface area contributed by atoms with E-state index in [1.54, 1.807) is 0 Å². The first-order valence-electron chi connectivity index (χ1n) is 4.31. The summed E-state index contributed by atoms with van der Waals surface area (Å²) in [5.74, 6) is -0.740. The molecule has 13 heavy (non-hydrogen) atoms. The summed E-state index contributed by atoms with van der Waals surface area (Å²) in [6.07, 6.45) is 1.69. The van der Waals surface area contributed by atoms with Crippen LogP contribution in [0.25, 0.3) is 0 Å². The van der Waals surface area contributed by atoms with E-state index < -0.39 is 5.97 Å². The van der Waals surface area contributed by atoms with Crippen LogP contribution >= 0.6 is 12.4 Å². The zero-order valence-corrected chi connectivity index (χ0v) is 9.36. The third-order valence-corrected chi connectivity index (χ3v) is 2.02. The van der Waals surface area contributed by atoms with Gasteiger partial charge in [0.1, 0.15) is 0 Å². The van der Waals surface area contributed by atoms with E-state index in [2.05, 4.69) is 20.8 Å². The van der Waals surface area contributed by atoms with Crippen LogP contribution in [0.2, 0.25) is 0 Å². The second kappa shape index (κ2) is 6.22. The molecule has 0 rings (SSSR count). The topological polar surface area (TPSA) is 63.3 Å². The highest BCUT2D eigenvalue weighted by Gasteiger charge is 2.19. The molecule has 0 saturated carbocycles. The molecule has 1 atom stereocenters. The summed E-state index contributed by atoms with van der Waals surface area (Å²) in [5.41, 5.74) is 5.93. The molecule has 1 unspecified atom stereocenters. The quantitative estimate of drug-likeness (QED) is 0.745. The summed E-state index contributed by atoms with van der Waals surface area (Å²) in [6, 6.07) is 0.0943. The summed E-state index contributed by atoms with van der Waals surface area (Å²) < 4.78 is 0. The number of carboxylic acids is 1. The standard InChI is InChI=1S/C9H19NO2.ClH/c1-9(2,3)7(10)5-4-6-8(11)12;/h7H,4-6,10H2,1-3H3,(H,11,12);1H. The van der Waals surface area contributed by atoms with Gasteiger partial charge < -0.3 is 10.8 Å². The van der Waals surface area contributed by atoms with Crippen molar-refractivity contribution >= 4 is 18.4 Å². The van der Waals surface area contributed by atoms with Gasteiger partial charge in [-0.25, -0.2) is 0 Å². The average molecular weight is 210 g/mol. The molecule has 0 aromatic heterocycles. The maximum Gasteiger partial charge on any atom is 0.303 e. The molecule has 3 N–H and O–H groups in total. The lowest BCUT2D eigenvalue weighted by Gasteiger charge is -2.26. The van der Waals surface area contributed by atoms with Gasteiger partial charge in [-0.15, -0.1) is 12.4 Å². The molecule has 0 radical (unpaired) electrons. The van der Waals surface area contributed by atoms with Crippen molar-refractivity contribution in [1.82, 2.24) is 0 Å². The van der Waals surface area contributed by atoms with Gasteiger partial charge >= 0.3 is 5.97 Å². The fourth-order valence-electron chi connectivity index (χ4n) is 0.906. The summed E-state index contributed by atoms with van der Waals surface area (Å²) in [5, 5.41) is 8.39. The maximum atomic E-state index is 10.2. The second-order valence-electron chi connectivity index (χ2n) is 4.26. The van der Waals surface area contributed by atoms with Gasteiger partial charge in [0.05, 0.1) is 0 Å². The molecule has 80 valence electrons. The minimum Gasteiger partial charge on any atom is -0.481 e. The summed E-state index contributed by atoms with van der Waals surface area (Å²) in [7, 11) is 0. The minimum atomic E-state index is -0.740. The lowest BCUT2D eigenvalue weighted by Crippen LogP contribution is -2.34. The van der Waals surface area contributed by atoms with Crippen LogP contribution in [0.3, 0.4) is 0 Å². The van der Waals surface area contributed by atoms with Gasteiger partial charge in [0.25, 0.3) is 0 Å². The van der Waals surface area contributed by atoms with E-state index >= 15 is 0 Å². The number of rotatable bonds is 4. The van der Waals surface area contributed by atoms with Gasteiger partial charge in [0, 0.05) is 12.5 Å². The predicted molar refractivity (Wildman–Crippen MR) is 56.2 cm³/mol. The average Bonchev–Trinajstić information content (AvgIpc) is 1.84. The van der Waals surface area contributed by atoms with Gasteiger partial charge in [-0.1, -0.05) is 20.8 Å². The predicted octanol–water partition coefficient (Wildman–Crippen LogP) is 2.04. The SMILES string of the molecule is CC(C)(C)C(N)CCCC(=O)O.Cl. The van der Waals surface area contributed by atoms with Gasteiger partial charge in [-0.05, 0) is 18.3 Å². The molecule has 0 aliphatic rings. The number of hydrogen-bond donors (Lipinski definition) is 2. The zero-order valence-electron chi connectivity index (χ0n) is 8.54. The number of nitrogens with two attached hydrogens (primary N) is 1. The van der Waals surface area contributed by atoms with E-state index in [9.17, 15) is 4.79 Å². The Bertz CT molecular complexity index is 154. The number of aliphatic carboxylic acids is 1. The highest BCUT2D eigenvalue weighted by atomic mass is 35.5. The summed E-state index contributed by atoms with van der Waals surface area (Å²) >= 11 is 0. The molecule has 0 spiro atoms. The molecular weight excluding hydrogens is 190 g/mol. The lowest BCUT2D eigenvalue weighted by atomic mass is 9.84. The highest BCUT2D eigenvalue weighted by Crippen LogP contribution is 2.21. The largest absolute Gasteiger partial charge is 0.481 e. The van der Waals surface area contributed by atoms with Crippen molar-refractivity contribution in [3.8, 4) is 0 Å². The summed E-state index contributed by atoms with van der Waals surface area (Å²) in [6.45, 7) is 6.20. The van der Waals surface area contributed by atoms with Gasteiger partial charge in [0.2, 0.25) is 0 Å². The minimum absolute atomic E-state index is 0. The van der Waals surface area contributed by atoms with Crippen molar-refractivity contribution in [3.63, 3.8) is 0 Å². The van der Waals surface area contributed by atoms with Crippen LogP contribution in [0.15, 0.2) is 0 Å². The van der Waals surface area contributed by atoms with Crippen LogP contribution in [0.1, 0.15) is 40.0 Å². The Kier molecular flexibility index (Phi) is 7.27. The van der Waals surface area contributed by atoms with Crippen LogP contribution in [-0.2, 0) is 4.79 Å². The van der Waals surface area contributed by atoms with Gasteiger partial charge in [-0.3, -0.25) is 4.79 Å². The second-order valence-corrected chi connectivity index (χ2v) is 4.26. The fraction of sp³-hybridized carbons (Fsp3) is 0.889. The molecule has 0 aromatic rings. The van der Waals surface area contributed by atoms with Crippen molar-refractivity contribution in [2.75, 3.05) is 0 Å². The number of halogens is 1. The van der Waals surface area contributed by atoms with E-state index in [1.807, 2.05) is 0 Å². The van der Waals surface area contributed by atoms with Crippen LogP contribution in [0.4, 0.5) is 0 Å². The first-order chi connectivity index (χ1) is 5.34. The highest BCUT2D eigenvalue weighted by molar-refractivity contribution is 5.85. The fourth-order valence-corrected chi connectivity index (χ4v) is 0.906. The smallest absolute Gasteiger partial charge is 0.303 e. The van der Waals surface area contributed by atoms with Crippen molar-refractivity contribution in [1.29, 1.82) is 0 Å². The maximum absolute atomic E-state index is 10.2. The Balaban J connectivity index is 0. The number of carbonyl (C=O) groups is 1. The molecular formula is C9H20ClNO2. The molecule has 0 aliphatic carbocycles. The number of carboxylic acid groups (broad SMARTS) is 1. The van der Waals surface area contributed by atoms with Gasteiger partial charge in [0.15, 0.2) is 0 Å². The van der Waals surface area contributed by atoms with Crippen LogP contribution < -0.4 is 5.73 Å². The van der Waals surface area contributed by atoms with E-state index in [4.69, 9.17) is 10.8 Å². The molecule has 4 heteroatoms. The molecule has 3 nitrogen and oxygen atoms in total. The Morgan fingerprint density at radius 1 is 1.46 bits per heavy atom. The van der Waals surface area contributed by atoms with Gasteiger partial charge in [-0.2, -0.15) is 0 Å². The van der Waals surface area contributed by atoms with Crippen LogP contribution in [-0.4, -0.2) is 17.1 Å². The molecule has 0 fully saturated rings. The van der Waals surface area contributed by atoms with E-state index in [0.717, 1.165) is 6.42 Å². The molecule has 0 aliphatic heterocycles. The molecule has 0 saturated heterocycles.